The molecular weight excluding hydrogens is 239 g/mol. The van der Waals surface area contributed by atoms with E-state index in [1.54, 1.807) is 18.2 Å². The molecule has 1 aromatic carbocycles. The van der Waals surface area contributed by atoms with Crippen molar-refractivity contribution in [3.05, 3.63) is 34.9 Å². The van der Waals surface area contributed by atoms with Gasteiger partial charge in [0.25, 0.3) is 0 Å². The summed E-state index contributed by atoms with van der Waals surface area (Å²) in [6, 6.07) is 7.12. The van der Waals surface area contributed by atoms with Crippen LogP contribution in [0.3, 0.4) is 0 Å². The van der Waals surface area contributed by atoms with E-state index in [9.17, 15) is 4.79 Å². The quantitative estimate of drug-likeness (QED) is 0.751. The summed E-state index contributed by atoms with van der Waals surface area (Å²) in [5.74, 6) is 0. The molecule has 0 amide bonds. The number of hydrogen-bond donors (Lipinski definition) is 0. The Kier molecular flexibility index (Phi) is 3.80. The van der Waals surface area contributed by atoms with Gasteiger partial charge in [-0.3, -0.25) is 0 Å². The van der Waals surface area contributed by atoms with Gasteiger partial charge >= 0.3 is 83.1 Å². The third-order valence-electron chi connectivity index (χ3n) is 1.34. The van der Waals surface area contributed by atoms with Crippen LogP contribution < -0.4 is 0 Å². The van der Waals surface area contributed by atoms with Crippen molar-refractivity contribution in [2.75, 3.05) is 0 Å². The Labute approximate surface area is 83.3 Å². The van der Waals surface area contributed by atoms with Crippen LogP contribution in [-0.2, 0) is 0 Å². The van der Waals surface area contributed by atoms with Crippen molar-refractivity contribution in [1.82, 2.24) is 0 Å². The van der Waals surface area contributed by atoms with Crippen molar-refractivity contribution < 1.29 is 4.79 Å². The molecule has 1 rings (SSSR count). The molecule has 12 heavy (non-hydrogen) atoms. The fourth-order valence-electron chi connectivity index (χ4n) is 0.830. The van der Waals surface area contributed by atoms with Crippen LogP contribution in [0.25, 0.3) is 0 Å². The van der Waals surface area contributed by atoms with Crippen molar-refractivity contribution in [3.63, 3.8) is 0 Å². The molecule has 1 aromatic rings. The zero-order valence-corrected chi connectivity index (χ0v) is 9.18. The van der Waals surface area contributed by atoms with Gasteiger partial charge in [0.1, 0.15) is 0 Å². The van der Waals surface area contributed by atoms with Crippen LogP contribution >= 0.6 is 11.6 Å². The Hall–Kier alpha value is -0.301. The van der Waals surface area contributed by atoms with Crippen LogP contribution in [0, 0.1) is 0 Å². The SMILES string of the molecule is CC[Se]C(=O)c1cccc(Cl)c1. The fraction of sp³-hybridized carbons (Fsp3) is 0.222. The number of carbonyl (C=O) groups is 1. The van der Waals surface area contributed by atoms with Gasteiger partial charge in [0.2, 0.25) is 0 Å². The standard InChI is InChI=1S/C9H9ClOSe/c1-2-12-9(11)7-4-3-5-8(10)6-7/h3-6H,2H2,1H3. The van der Waals surface area contributed by atoms with Gasteiger partial charge < -0.3 is 0 Å². The zero-order valence-electron chi connectivity index (χ0n) is 6.71. The van der Waals surface area contributed by atoms with E-state index in [1.165, 1.54) is 0 Å². The summed E-state index contributed by atoms with van der Waals surface area (Å²) in [5, 5.41) is 1.57. The summed E-state index contributed by atoms with van der Waals surface area (Å²) in [6.45, 7) is 2.02. The van der Waals surface area contributed by atoms with Crippen molar-refractivity contribution in [2.45, 2.75) is 12.2 Å². The summed E-state index contributed by atoms with van der Waals surface area (Å²) in [7, 11) is 0. The molecule has 0 saturated heterocycles. The van der Waals surface area contributed by atoms with Crippen molar-refractivity contribution >= 4 is 31.2 Å². The molecule has 0 fully saturated rings. The average molecular weight is 248 g/mol. The van der Waals surface area contributed by atoms with Gasteiger partial charge in [-0.15, -0.1) is 0 Å². The van der Waals surface area contributed by atoms with E-state index in [4.69, 9.17) is 11.6 Å². The molecule has 0 saturated carbocycles. The van der Waals surface area contributed by atoms with E-state index >= 15 is 0 Å². The van der Waals surface area contributed by atoms with Crippen LogP contribution in [0.5, 0.6) is 0 Å². The van der Waals surface area contributed by atoms with Gasteiger partial charge in [-0.1, -0.05) is 0 Å². The minimum absolute atomic E-state index is 0.0741. The third kappa shape index (κ3) is 2.63. The first-order chi connectivity index (χ1) is 5.74. The van der Waals surface area contributed by atoms with Gasteiger partial charge in [0.05, 0.1) is 0 Å². The van der Waals surface area contributed by atoms with Crippen molar-refractivity contribution in [1.29, 1.82) is 0 Å². The fourth-order valence-corrected chi connectivity index (χ4v) is 2.19. The minimum atomic E-state index is 0.0741. The summed E-state index contributed by atoms with van der Waals surface area (Å²) >= 11 is 5.82. The Bertz CT molecular complexity index is 286. The van der Waals surface area contributed by atoms with E-state index in [0.29, 0.717) is 5.02 Å². The zero-order chi connectivity index (χ0) is 8.97. The topological polar surface area (TPSA) is 17.1 Å². The second-order valence-electron chi connectivity index (χ2n) is 2.23. The van der Waals surface area contributed by atoms with Crippen molar-refractivity contribution in [2.24, 2.45) is 0 Å². The normalized spacial score (nSPS) is 9.83. The molecule has 0 N–H and O–H groups in total. The van der Waals surface area contributed by atoms with E-state index < -0.39 is 0 Å². The first-order valence-corrected chi connectivity index (χ1v) is 6.11. The molecule has 3 heteroatoms. The van der Waals surface area contributed by atoms with Crippen molar-refractivity contribution in [3.8, 4) is 0 Å². The summed E-state index contributed by atoms with van der Waals surface area (Å²) < 4.78 is 0.229. The second kappa shape index (κ2) is 4.66. The van der Waals surface area contributed by atoms with Crippen LogP contribution in [0.1, 0.15) is 17.3 Å². The summed E-state index contributed by atoms with van der Waals surface area (Å²) in [6.07, 6.45) is 0. The number of carbonyl (C=O) groups excluding carboxylic acids is 1. The van der Waals surface area contributed by atoms with Crippen LogP contribution in [-0.4, -0.2) is 19.6 Å². The Morgan fingerprint density at radius 2 is 2.33 bits per heavy atom. The second-order valence-corrected chi connectivity index (χ2v) is 5.26. The molecule has 0 atom stereocenters. The monoisotopic (exact) mass is 248 g/mol. The number of hydrogen-bond acceptors (Lipinski definition) is 1. The van der Waals surface area contributed by atoms with Gasteiger partial charge in [0.15, 0.2) is 0 Å². The maximum atomic E-state index is 11.4. The molecule has 0 aliphatic heterocycles. The van der Waals surface area contributed by atoms with Gasteiger partial charge in [-0.2, -0.15) is 0 Å². The average Bonchev–Trinajstić information content (AvgIpc) is 2.05. The van der Waals surface area contributed by atoms with Gasteiger partial charge in [-0.05, 0) is 0 Å². The predicted molar refractivity (Wildman–Crippen MR) is 52.0 cm³/mol. The van der Waals surface area contributed by atoms with Crippen LogP contribution in [0.15, 0.2) is 24.3 Å². The molecule has 0 bridgehead atoms. The summed E-state index contributed by atoms with van der Waals surface area (Å²) in [5.41, 5.74) is 0.740. The van der Waals surface area contributed by atoms with E-state index in [1.807, 2.05) is 13.0 Å². The predicted octanol–water partition coefficient (Wildman–Crippen LogP) is 2.62. The summed E-state index contributed by atoms with van der Waals surface area (Å²) in [4.78, 5) is 11.4. The molecule has 0 heterocycles. The van der Waals surface area contributed by atoms with Gasteiger partial charge in [0, 0.05) is 0 Å². The van der Waals surface area contributed by atoms with Crippen LogP contribution in [0.2, 0.25) is 10.3 Å². The Morgan fingerprint density at radius 1 is 1.58 bits per heavy atom. The number of halogens is 1. The molecule has 0 aliphatic rings. The molecule has 0 aromatic heterocycles. The number of benzene rings is 1. The third-order valence-corrected chi connectivity index (χ3v) is 3.22. The Morgan fingerprint density at radius 3 is 2.92 bits per heavy atom. The molecule has 0 aliphatic carbocycles. The molecule has 0 spiro atoms. The first kappa shape index (κ1) is 9.78. The maximum absolute atomic E-state index is 11.4. The number of rotatable bonds is 3. The van der Waals surface area contributed by atoms with E-state index in [0.717, 1.165) is 10.9 Å². The van der Waals surface area contributed by atoms with Crippen LogP contribution in [0.4, 0.5) is 0 Å². The molecule has 64 valence electrons. The Balaban J connectivity index is 2.81. The van der Waals surface area contributed by atoms with E-state index in [2.05, 4.69) is 0 Å². The first-order valence-electron chi connectivity index (χ1n) is 3.66. The molecular formula is C9H9ClOSe. The van der Waals surface area contributed by atoms with E-state index in [-0.39, 0.29) is 19.6 Å². The molecule has 0 unspecified atom stereocenters. The molecule has 0 radical (unpaired) electrons. The molecule has 1 nitrogen and oxygen atoms in total. The van der Waals surface area contributed by atoms with Gasteiger partial charge in [-0.25, -0.2) is 0 Å².